The molecule has 1 aliphatic rings. The van der Waals surface area contributed by atoms with Gasteiger partial charge in [0.05, 0.1) is 0 Å². The van der Waals surface area contributed by atoms with Gasteiger partial charge in [-0.05, 0) is 64.3 Å². The van der Waals surface area contributed by atoms with E-state index < -0.39 is 5.60 Å². The lowest BCUT2D eigenvalue weighted by molar-refractivity contribution is 0.0220. The Kier molecular flexibility index (Phi) is 5.77. The third-order valence-electron chi connectivity index (χ3n) is 3.74. The summed E-state index contributed by atoms with van der Waals surface area (Å²) in [7, 11) is 0. The molecule has 0 spiro atoms. The van der Waals surface area contributed by atoms with Crippen LogP contribution in [0.15, 0.2) is 24.5 Å². The summed E-state index contributed by atoms with van der Waals surface area (Å²) in [5, 5.41) is 3.43. The highest BCUT2D eigenvalue weighted by atomic mass is 16.6. The fraction of sp³-hybridized carbons (Fsp3) is 0.647. The lowest BCUT2D eigenvalue weighted by Gasteiger charge is -2.28. The van der Waals surface area contributed by atoms with Crippen LogP contribution in [0, 0.1) is 0 Å². The normalized spacial score (nSPS) is 18.5. The molecule has 1 saturated heterocycles. The van der Waals surface area contributed by atoms with Gasteiger partial charge in [0.15, 0.2) is 0 Å². The van der Waals surface area contributed by atoms with Crippen molar-refractivity contribution in [3.05, 3.63) is 30.1 Å². The van der Waals surface area contributed by atoms with Crippen molar-refractivity contribution in [3.63, 3.8) is 0 Å². The molecule has 5 nitrogen and oxygen atoms in total. The average molecular weight is 305 g/mol. The molecule has 5 heteroatoms. The Morgan fingerprint density at radius 3 is 2.82 bits per heavy atom. The number of ether oxygens (including phenoxy) is 1. The summed E-state index contributed by atoms with van der Waals surface area (Å²) in [6.45, 7) is 8.27. The van der Waals surface area contributed by atoms with Crippen molar-refractivity contribution in [2.75, 3.05) is 13.1 Å². The van der Waals surface area contributed by atoms with E-state index in [2.05, 4.69) is 10.3 Å². The molecule has 1 atom stereocenters. The minimum atomic E-state index is -0.427. The molecule has 2 heterocycles. The van der Waals surface area contributed by atoms with Crippen LogP contribution >= 0.6 is 0 Å². The van der Waals surface area contributed by atoms with Crippen molar-refractivity contribution in [1.82, 2.24) is 15.2 Å². The molecule has 0 aromatic carbocycles. The van der Waals surface area contributed by atoms with Crippen molar-refractivity contribution in [3.8, 4) is 0 Å². The number of nitrogens with one attached hydrogen (secondary N) is 1. The standard InChI is InChI=1S/C17H27N3O2/c1-17(2,3)22-16(21)20-12-4-5-15(20)8-11-19-13-14-6-9-18-10-7-14/h6-7,9-10,15,19H,4-5,8,11-13H2,1-3H3. The summed E-state index contributed by atoms with van der Waals surface area (Å²) in [6.07, 6.45) is 6.52. The number of carbonyl (C=O) groups is 1. The second kappa shape index (κ2) is 7.58. The maximum absolute atomic E-state index is 12.2. The topological polar surface area (TPSA) is 54.5 Å². The smallest absolute Gasteiger partial charge is 0.410 e. The monoisotopic (exact) mass is 305 g/mol. The van der Waals surface area contributed by atoms with Gasteiger partial charge in [0, 0.05) is 31.5 Å². The van der Waals surface area contributed by atoms with E-state index in [1.165, 1.54) is 5.56 Å². The highest BCUT2D eigenvalue weighted by molar-refractivity contribution is 5.68. The van der Waals surface area contributed by atoms with Crippen molar-refractivity contribution >= 4 is 6.09 Å². The maximum Gasteiger partial charge on any atom is 0.410 e. The van der Waals surface area contributed by atoms with E-state index in [9.17, 15) is 4.79 Å². The molecule has 0 saturated carbocycles. The van der Waals surface area contributed by atoms with Gasteiger partial charge in [-0.1, -0.05) is 0 Å². The van der Waals surface area contributed by atoms with E-state index in [1.807, 2.05) is 37.8 Å². The SMILES string of the molecule is CC(C)(C)OC(=O)N1CCCC1CCNCc1ccncc1. The van der Waals surface area contributed by atoms with Crippen LogP contribution in [0.4, 0.5) is 4.79 Å². The van der Waals surface area contributed by atoms with Crippen LogP contribution in [0.1, 0.15) is 45.6 Å². The third-order valence-corrected chi connectivity index (χ3v) is 3.74. The zero-order valence-corrected chi connectivity index (χ0v) is 13.8. The first-order valence-corrected chi connectivity index (χ1v) is 8.05. The number of amides is 1. The highest BCUT2D eigenvalue weighted by Crippen LogP contribution is 2.22. The molecule has 1 fully saturated rings. The Hall–Kier alpha value is -1.62. The van der Waals surface area contributed by atoms with Crippen LogP contribution in [0.5, 0.6) is 0 Å². The van der Waals surface area contributed by atoms with Crippen molar-refractivity contribution in [2.24, 2.45) is 0 Å². The van der Waals surface area contributed by atoms with Gasteiger partial charge in [-0.3, -0.25) is 4.98 Å². The number of hydrogen-bond acceptors (Lipinski definition) is 4. The predicted molar refractivity (Wildman–Crippen MR) is 86.5 cm³/mol. The molecule has 2 rings (SSSR count). The molecule has 0 aliphatic carbocycles. The average Bonchev–Trinajstić information content (AvgIpc) is 2.91. The fourth-order valence-corrected chi connectivity index (χ4v) is 2.70. The van der Waals surface area contributed by atoms with Gasteiger partial charge in [-0.15, -0.1) is 0 Å². The van der Waals surface area contributed by atoms with Crippen molar-refractivity contribution in [2.45, 2.75) is 58.2 Å². The lowest BCUT2D eigenvalue weighted by Crippen LogP contribution is -2.40. The van der Waals surface area contributed by atoms with E-state index in [1.54, 1.807) is 12.4 Å². The molecule has 0 radical (unpaired) electrons. The second-order valence-corrected chi connectivity index (χ2v) is 6.79. The van der Waals surface area contributed by atoms with E-state index in [0.29, 0.717) is 6.04 Å². The molecule has 1 unspecified atom stereocenters. The molecule has 1 aromatic rings. The number of pyridine rings is 1. The zero-order valence-electron chi connectivity index (χ0n) is 13.8. The lowest BCUT2D eigenvalue weighted by atomic mass is 10.1. The summed E-state index contributed by atoms with van der Waals surface area (Å²) in [5.74, 6) is 0. The molecule has 1 amide bonds. The van der Waals surface area contributed by atoms with Gasteiger partial charge >= 0.3 is 6.09 Å². The molecular weight excluding hydrogens is 278 g/mol. The predicted octanol–water partition coefficient (Wildman–Crippen LogP) is 2.96. The summed E-state index contributed by atoms with van der Waals surface area (Å²) < 4.78 is 5.49. The van der Waals surface area contributed by atoms with E-state index in [-0.39, 0.29) is 6.09 Å². The Morgan fingerprint density at radius 2 is 2.14 bits per heavy atom. The number of likely N-dealkylation sites (tertiary alicyclic amines) is 1. The summed E-state index contributed by atoms with van der Waals surface area (Å²) in [4.78, 5) is 18.1. The molecule has 1 aromatic heterocycles. The highest BCUT2D eigenvalue weighted by Gasteiger charge is 2.31. The molecule has 1 N–H and O–H groups in total. The van der Waals surface area contributed by atoms with Crippen molar-refractivity contribution in [1.29, 1.82) is 0 Å². The number of carbonyl (C=O) groups excluding carboxylic acids is 1. The Labute approximate surface area is 133 Å². The Balaban J connectivity index is 1.73. The van der Waals surface area contributed by atoms with Crippen LogP contribution in [-0.4, -0.2) is 40.7 Å². The van der Waals surface area contributed by atoms with Crippen LogP contribution in [0.25, 0.3) is 0 Å². The maximum atomic E-state index is 12.2. The number of hydrogen-bond donors (Lipinski definition) is 1. The number of nitrogens with zero attached hydrogens (tertiary/aromatic N) is 2. The number of rotatable bonds is 5. The van der Waals surface area contributed by atoms with Crippen LogP contribution < -0.4 is 5.32 Å². The minimum Gasteiger partial charge on any atom is -0.444 e. The van der Waals surface area contributed by atoms with Gasteiger partial charge in [0.25, 0.3) is 0 Å². The second-order valence-electron chi connectivity index (χ2n) is 6.79. The van der Waals surface area contributed by atoms with Gasteiger partial charge in [0.1, 0.15) is 5.60 Å². The molecular formula is C17H27N3O2. The van der Waals surface area contributed by atoms with E-state index in [0.717, 1.165) is 38.9 Å². The van der Waals surface area contributed by atoms with Crippen LogP contribution in [0.3, 0.4) is 0 Å². The molecule has 0 bridgehead atoms. The third kappa shape index (κ3) is 5.30. The number of aromatic nitrogens is 1. The van der Waals surface area contributed by atoms with E-state index in [4.69, 9.17) is 4.74 Å². The first-order chi connectivity index (χ1) is 10.5. The van der Waals surface area contributed by atoms with Gasteiger partial charge in [-0.2, -0.15) is 0 Å². The fourth-order valence-electron chi connectivity index (χ4n) is 2.70. The molecule has 22 heavy (non-hydrogen) atoms. The van der Waals surface area contributed by atoms with Gasteiger partial charge in [-0.25, -0.2) is 4.79 Å². The summed E-state index contributed by atoms with van der Waals surface area (Å²) >= 11 is 0. The minimum absolute atomic E-state index is 0.177. The largest absolute Gasteiger partial charge is 0.444 e. The van der Waals surface area contributed by atoms with Gasteiger partial charge < -0.3 is 15.0 Å². The summed E-state index contributed by atoms with van der Waals surface area (Å²) in [5.41, 5.74) is 0.800. The first kappa shape index (κ1) is 16.7. The first-order valence-electron chi connectivity index (χ1n) is 8.05. The molecule has 122 valence electrons. The Bertz CT molecular complexity index is 471. The Morgan fingerprint density at radius 1 is 1.41 bits per heavy atom. The van der Waals surface area contributed by atoms with Crippen LogP contribution in [0.2, 0.25) is 0 Å². The zero-order chi connectivity index (χ0) is 16.0. The molecule has 1 aliphatic heterocycles. The van der Waals surface area contributed by atoms with Crippen LogP contribution in [-0.2, 0) is 11.3 Å². The van der Waals surface area contributed by atoms with Gasteiger partial charge in [0.2, 0.25) is 0 Å². The quantitative estimate of drug-likeness (QED) is 0.850. The summed E-state index contributed by atoms with van der Waals surface area (Å²) in [6, 6.07) is 4.31. The van der Waals surface area contributed by atoms with Crippen molar-refractivity contribution < 1.29 is 9.53 Å². The van der Waals surface area contributed by atoms with E-state index >= 15 is 0 Å².